The van der Waals surface area contributed by atoms with E-state index in [-0.39, 0.29) is 5.91 Å². The molecule has 2 aromatic rings. The Morgan fingerprint density at radius 3 is 2.57 bits per heavy atom. The summed E-state index contributed by atoms with van der Waals surface area (Å²) in [6, 6.07) is 16.6. The lowest BCUT2D eigenvalue weighted by Gasteiger charge is -2.29. The summed E-state index contributed by atoms with van der Waals surface area (Å²) in [5.41, 5.74) is 1.28. The quantitative estimate of drug-likeness (QED) is 0.388. The van der Waals surface area contributed by atoms with Crippen LogP contribution < -0.4 is 24.6 Å². The number of piperazine rings is 1. The predicted molar refractivity (Wildman–Crippen MR) is 117 cm³/mol. The SMILES string of the molecule is O=C(C[NH+]1CC[NH+](Cc2ccc3c(c2)OCO3)CC1)NCCCSc1ccccc1. The standard InChI is InChI=1S/C23H29N3O3S/c27-23(24-9-4-14-30-20-5-2-1-3-6-20)17-26-12-10-25(11-13-26)16-19-7-8-21-22(15-19)29-18-28-21/h1-3,5-8,15H,4,9-14,16-18H2,(H,24,27)/p+2. The van der Waals surface area contributed by atoms with Gasteiger partial charge in [0.15, 0.2) is 18.0 Å². The van der Waals surface area contributed by atoms with Gasteiger partial charge in [0.1, 0.15) is 32.7 Å². The highest BCUT2D eigenvalue weighted by molar-refractivity contribution is 7.99. The summed E-state index contributed by atoms with van der Waals surface area (Å²) in [5.74, 6) is 2.90. The van der Waals surface area contributed by atoms with E-state index in [0.29, 0.717) is 13.3 Å². The molecule has 7 heteroatoms. The van der Waals surface area contributed by atoms with E-state index >= 15 is 0 Å². The third-order valence-electron chi connectivity index (χ3n) is 5.62. The van der Waals surface area contributed by atoms with Crippen molar-refractivity contribution < 1.29 is 24.1 Å². The summed E-state index contributed by atoms with van der Waals surface area (Å²) >= 11 is 1.84. The van der Waals surface area contributed by atoms with E-state index < -0.39 is 0 Å². The lowest BCUT2D eigenvalue weighted by molar-refractivity contribution is -1.02. The molecule has 2 heterocycles. The van der Waals surface area contributed by atoms with Crippen LogP contribution in [0.25, 0.3) is 0 Å². The summed E-state index contributed by atoms with van der Waals surface area (Å²) < 4.78 is 10.9. The second-order valence-corrected chi connectivity index (χ2v) is 9.07. The molecule has 1 saturated heterocycles. The van der Waals surface area contributed by atoms with Gasteiger partial charge < -0.3 is 24.6 Å². The normalized spacial score (nSPS) is 20.1. The second kappa shape index (κ2) is 10.7. The van der Waals surface area contributed by atoms with Gasteiger partial charge in [0, 0.05) is 17.0 Å². The lowest BCUT2D eigenvalue weighted by atomic mass is 10.1. The van der Waals surface area contributed by atoms with Gasteiger partial charge in [0.2, 0.25) is 6.79 Å². The molecule has 2 aromatic carbocycles. The zero-order valence-electron chi connectivity index (χ0n) is 17.3. The summed E-state index contributed by atoms with van der Waals surface area (Å²) in [5, 5.41) is 3.09. The van der Waals surface area contributed by atoms with Crippen molar-refractivity contribution in [2.75, 3.05) is 51.8 Å². The zero-order chi connectivity index (χ0) is 20.6. The Balaban J connectivity index is 1.09. The maximum absolute atomic E-state index is 12.3. The minimum atomic E-state index is 0.175. The molecular weight excluding hydrogens is 398 g/mol. The molecule has 0 aliphatic carbocycles. The molecule has 0 bridgehead atoms. The summed E-state index contributed by atoms with van der Waals surface area (Å²) in [6.07, 6.45) is 0.994. The first-order chi connectivity index (χ1) is 14.8. The highest BCUT2D eigenvalue weighted by atomic mass is 32.2. The Morgan fingerprint density at radius 1 is 0.967 bits per heavy atom. The van der Waals surface area contributed by atoms with Crippen molar-refractivity contribution in [3.8, 4) is 11.5 Å². The molecule has 6 nitrogen and oxygen atoms in total. The fourth-order valence-corrected chi connectivity index (χ4v) is 4.82. The average molecular weight is 430 g/mol. The largest absolute Gasteiger partial charge is 0.454 e. The summed E-state index contributed by atoms with van der Waals surface area (Å²) in [4.78, 5) is 16.5. The first-order valence-corrected chi connectivity index (χ1v) is 11.7. The van der Waals surface area contributed by atoms with Crippen LogP contribution in [-0.4, -0.2) is 57.7 Å². The molecule has 1 amide bonds. The number of benzene rings is 2. The molecule has 0 unspecified atom stereocenters. The van der Waals surface area contributed by atoms with Crippen molar-refractivity contribution in [3.05, 3.63) is 54.1 Å². The molecule has 4 rings (SSSR count). The number of nitrogens with one attached hydrogen (secondary N) is 3. The summed E-state index contributed by atoms with van der Waals surface area (Å²) in [7, 11) is 0. The van der Waals surface area contributed by atoms with E-state index in [0.717, 1.165) is 62.9 Å². The highest BCUT2D eigenvalue weighted by Gasteiger charge is 2.25. The van der Waals surface area contributed by atoms with Crippen LogP contribution in [0.4, 0.5) is 0 Å². The van der Waals surface area contributed by atoms with Crippen LogP contribution in [0.15, 0.2) is 53.4 Å². The zero-order valence-corrected chi connectivity index (χ0v) is 18.1. The lowest BCUT2D eigenvalue weighted by Crippen LogP contribution is -3.28. The minimum absolute atomic E-state index is 0.175. The van der Waals surface area contributed by atoms with Crippen LogP contribution in [0.1, 0.15) is 12.0 Å². The predicted octanol–water partition coefficient (Wildman–Crippen LogP) is -0.00270. The van der Waals surface area contributed by atoms with Crippen LogP contribution in [0.3, 0.4) is 0 Å². The topological polar surface area (TPSA) is 56.4 Å². The fourth-order valence-electron chi connectivity index (χ4n) is 3.95. The molecule has 0 spiro atoms. The number of carbonyl (C=O) groups is 1. The third-order valence-corrected chi connectivity index (χ3v) is 6.72. The van der Waals surface area contributed by atoms with Gasteiger partial charge >= 0.3 is 0 Å². The first kappa shape index (κ1) is 21.0. The number of hydrogen-bond acceptors (Lipinski definition) is 4. The van der Waals surface area contributed by atoms with Crippen LogP contribution in [0.5, 0.6) is 11.5 Å². The molecule has 1 fully saturated rings. The Hall–Kier alpha value is -2.22. The number of amides is 1. The Kier molecular flexibility index (Phi) is 7.50. The van der Waals surface area contributed by atoms with Gasteiger partial charge in [-0.25, -0.2) is 0 Å². The molecule has 30 heavy (non-hydrogen) atoms. The molecule has 0 atom stereocenters. The maximum Gasteiger partial charge on any atom is 0.275 e. The van der Waals surface area contributed by atoms with Gasteiger partial charge in [-0.15, -0.1) is 11.8 Å². The van der Waals surface area contributed by atoms with Gasteiger partial charge in [-0.3, -0.25) is 4.79 Å². The Bertz CT molecular complexity index is 826. The van der Waals surface area contributed by atoms with E-state index in [1.54, 1.807) is 4.90 Å². The number of quaternary nitrogens is 2. The molecule has 3 N–H and O–H groups in total. The number of carbonyl (C=O) groups excluding carboxylic acids is 1. The van der Waals surface area contributed by atoms with E-state index in [4.69, 9.17) is 9.47 Å². The van der Waals surface area contributed by atoms with Crippen LogP contribution in [0.2, 0.25) is 0 Å². The van der Waals surface area contributed by atoms with Crippen molar-refractivity contribution >= 4 is 17.7 Å². The molecule has 2 aliphatic rings. The minimum Gasteiger partial charge on any atom is -0.454 e. The van der Waals surface area contributed by atoms with Crippen LogP contribution in [-0.2, 0) is 11.3 Å². The first-order valence-electron chi connectivity index (χ1n) is 10.8. The maximum atomic E-state index is 12.3. The molecule has 160 valence electrons. The van der Waals surface area contributed by atoms with E-state index in [2.05, 4.69) is 41.7 Å². The fraction of sp³-hybridized carbons (Fsp3) is 0.435. The van der Waals surface area contributed by atoms with Gasteiger partial charge in [-0.05, 0) is 42.5 Å². The van der Waals surface area contributed by atoms with Gasteiger partial charge in [-0.2, -0.15) is 0 Å². The van der Waals surface area contributed by atoms with Crippen LogP contribution in [0, 0.1) is 0 Å². The highest BCUT2D eigenvalue weighted by Crippen LogP contribution is 2.32. The number of ether oxygens (including phenoxy) is 2. The van der Waals surface area contributed by atoms with Gasteiger partial charge in [-0.1, -0.05) is 18.2 Å². The van der Waals surface area contributed by atoms with Crippen molar-refractivity contribution in [3.63, 3.8) is 0 Å². The number of fused-ring (bicyclic) bond motifs is 1. The van der Waals surface area contributed by atoms with Crippen molar-refractivity contribution in [2.45, 2.75) is 17.9 Å². The number of hydrogen-bond donors (Lipinski definition) is 3. The molecule has 0 aromatic heterocycles. The van der Waals surface area contributed by atoms with Crippen molar-refractivity contribution in [1.29, 1.82) is 0 Å². The van der Waals surface area contributed by atoms with E-state index in [1.165, 1.54) is 15.4 Å². The second-order valence-electron chi connectivity index (χ2n) is 7.91. The van der Waals surface area contributed by atoms with Crippen LogP contribution >= 0.6 is 11.8 Å². The van der Waals surface area contributed by atoms with Crippen molar-refractivity contribution in [1.82, 2.24) is 5.32 Å². The van der Waals surface area contributed by atoms with Gasteiger partial charge in [0.25, 0.3) is 5.91 Å². The average Bonchev–Trinajstić information content (AvgIpc) is 3.23. The number of rotatable bonds is 9. The van der Waals surface area contributed by atoms with Gasteiger partial charge in [0.05, 0.1) is 0 Å². The smallest absolute Gasteiger partial charge is 0.275 e. The van der Waals surface area contributed by atoms with Crippen molar-refractivity contribution in [2.24, 2.45) is 0 Å². The monoisotopic (exact) mass is 429 g/mol. The number of thioether (sulfide) groups is 1. The molecule has 0 radical (unpaired) electrons. The third kappa shape index (κ3) is 6.14. The Morgan fingerprint density at radius 2 is 1.73 bits per heavy atom. The van der Waals surface area contributed by atoms with E-state index in [1.807, 2.05) is 23.9 Å². The Labute approximate surface area is 182 Å². The summed E-state index contributed by atoms with van der Waals surface area (Å²) in [6.45, 7) is 6.91. The molecule has 2 aliphatic heterocycles. The molecule has 0 saturated carbocycles. The van der Waals surface area contributed by atoms with E-state index in [9.17, 15) is 4.79 Å². The molecular formula is C23H31N3O3S+2.